The van der Waals surface area contributed by atoms with Crippen molar-refractivity contribution in [2.24, 2.45) is 0 Å². The number of hydrogen-bond donors (Lipinski definition) is 1. The zero-order chi connectivity index (χ0) is 9.07. The Hall–Kier alpha value is -0.530. The van der Waals surface area contributed by atoms with Crippen LogP contribution in [0.1, 0.15) is 41.0 Å². The molecule has 0 rings (SSSR count). The van der Waals surface area contributed by atoms with E-state index in [1.54, 1.807) is 0 Å². The Morgan fingerprint density at radius 3 is 1.91 bits per heavy atom. The summed E-state index contributed by atoms with van der Waals surface area (Å²) in [5, 5.41) is 7.54. The molecule has 0 aliphatic heterocycles. The topological polar surface area (TPSA) is 27.1 Å². The summed E-state index contributed by atoms with van der Waals surface area (Å²) < 4.78 is 0. The van der Waals surface area contributed by atoms with Crippen molar-refractivity contribution in [1.29, 1.82) is 5.41 Å². The van der Waals surface area contributed by atoms with Crippen LogP contribution in [0, 0.1) is 5.41 Å². The highest BCUT2D eigenvalue weighted by molar-refractivity contribution is 5.77. The van der Waals surface area contributed by atoms with Crippen molar-refractivity contribution < 1.29 is 0 Å². The highest BCUT2D eigenvalue weighted by Gasteiger charge is 2.19. The second kappa shape index (κ2) is 3.74. The lowest BCUT2D eigenvalue weighted by atomic mass is 10.1. The van der Waals surface area contributed by atoms with Crippen molar-refractivity contribution in [1.82, 2.24) is 4.90 Å². The smallest absolute Gasteiger partial charge is 0.0930 e. The van der Waals surface area contributed by atoms with Crippen LogP contribution in [0.15, 0.2) is 0 Å². The van der Waals surface area contributed by atoms with E-state index in [0.29, 0.717) is 5.84 Å². The molecular formula is C9H20N2. The fourth-order valence-electron chi connectivity index (χ4n) is 1.23. The van der Waals surface area contributed by atoms with E-state index in [9.17, 15) is 0 Å². The third-order valence-electron chi connectivity index (χ3n) is 1.66. The molecule has 0 fully saturated rings. The maximum Gasteiger partial charge on any atom is 0.0930 e. The molecule has 0 aliphatic rings. The molecule has 0 unspecified atom stereocenters. The Labute approximate surface area is 70.1 Å². The molecule has 1 N–H and O–H groups in total. The summed E-state index contributed by atoms with van der Waals surface area (Å²) in [5.41, 5.74) is 0.0991. The lowest BCUT2D eigenvalue weighted by Crippen LogP contribution is -2.44. The normalized spacial score (nSPS) is 11.4. The van der Waals surface area contributed by atoms with Gasteiger partial charge in [-0.2, -0.15) is 0 Å². The zero-order valence-corrected chi connectivity index (χ0v) is 8.36. The molecule has 0 atom stereocenters. The SMILES string of the molecule is CCCN(C(C)=N)C(C)(C)C. The fraction of sp³-hybridized carbons (Fsp3) is 0.889. The molecule has 0 saturated carbocycles. The van der Waals surface area contributed by atoms with Gasteiger partial charge < -0.3 is 4.90 Å². The van der Waals surface area contributed by atoms with Gasteiger partial charge in [0.2, 0.25) is 0 Å². The molecule has 0 bridgehead atoms. The highest BCUT2D eigenvalue weighted by Crippen LogP contribution is 2.13. The van der Waals surface area contributed by atoms with E-state index in [4.69, 9.17) is 5.41 Å². The Morgan fingerprint density at radius 2 is 1.82 bits per heavy atom. The molecule has 0 heterocycles. The average Bonchev–Trinajstić information content (AvgIpc) is 1.79. The van der Waals surface area contributed by atoms with E-state index in [2.05, 4.69) is 32.6 Å². The molecule has 0 aromatic rings. The van der Waals surface area contributed by atoms with Crippen LogP contribution in [-0.4, -0.2) is 22.8 Å². The van der Waals surface area contributed by atoms with Crippen LogP contribution in [0.25, 0.3) is 0 Å². The molecule has 0 radical (unpaired) electrons. The first-order valence-corrected chi connectivity index (χ1v) is 4.22. The molecular weight excluding hydrogens is 136 g/mol. The van der Waals surface area contributed by atoms with E-state index in [0.717, 1.165) is 13.0 Å². The van der Waals surface area contributed by atoms with Crippen molar-refractivity contribution in [3.8, 4) is 0 Å². The standard InChI is InChI=1S/C9H20N2/c1-6-7-11(8(2)10)9(3,4)5/h10H,6-7H2,1-5H3. The van der Waals surface area contributed by atoms with Crippen LogP contribution in [0.2, 0.25) is 0 Å². The Kier molecular flexibility index (Phi) is 3.56. The Balaban J connectivity index is 4.22. The van der Waals surface area contributed by atoms with Crippen molar-refractivity contribution in [2.75, 3.05) is 6.54 Å². The second-order valence-corrected chi connectivity index (χ2v) is 3.91. The van der Waals surface area contributed by atoms with E-state index >= 15 is 0 Å². The minimum atomic E-state index is 0.0991. The molecule has 0 aromatic heterocycles. The molecule has 0 aliphatic carbocycles. The van der Waals surface area contributed by atoms with Gasteiger partial charge in [0, 0.05) is 12.1 Å². The summed E-state index contributed by atoms with van der Waals surface area (Å²) in [5.74, 6) is 0.666. The lowest BCUT2D eigenvalue weighted by molar-refractivity contribution is 0.234. The first-order chi connectivity index (χ1) is 4.89. The maximum absolute atomic E-state index is 7.54. The van der Waals surface area contributed by atoms with E-state index in [1.807, 2.05) is 6.92 Å². The van der Waals surface area contributed by atoms with Gasteiger partial charge in [-0.1, -0.05) is 6.92 Å². The van der Waals surface area contributed by atoms with Crippen LogP contribution < -0.4 is 0 Å². The predicted molar refractivity (Wildman–Crippen MR) is 50.2 cm³/mol. The second-order valence-electron chi connectivity index (χ2n) is 3.91. The van der Waals surface area contributed by atoms with Crippen LogP contribution in [0.3, 0.4) is 0 Å². The monoisotopic (exact) mass is 156 g/mol. The number of rotatable bonds is 2. The van der Waals surface area contributed by atoms with E-state index in [-0.39, 0.29) is 5.54 Å². The van der Waals surface area contributed by atoms with E-state index in [1.165, 1.54) is 0 Å². The van der Waals surface area contributed by atoms with Gasteiger partial charge in [0.1, 0.15) is 0 Å². The third kappa shape index (κ3) is 3.40. The summed E-state index contributed by atoms with van der Waals surface area (Å²) in [6.07, 6.45) is 1.10. The van der Waals surface area contributed by atoms with Crippen molar-refractivity contribution in [2.45, 2.75) is 46.6 Å². The molecule has 0 amide bonds. The first kappa shape index (κ1) is 10.5. The minimum absolute atomic E-state index is 0.0991. The van der Waals surface area contributed by atoms with Crippen LogP contribution in [0.5, 0.6) is 0 Å². The van der Waals surface area contributed by atoms with Crippen molar-refractivity contribution in [3.63, 3.8) is 0 Å². The van der Waals surface area contributed by atoms with Gasteiger partial charge in [-0.25, -0.2) is 0 Å². The van der Waals surface area contributed by atoms with Crippen LogP contribution in [0.4, 0.5) is 0 Å². The number of nitrogens with zero attached hydrogens (tertiary/aromatic N) is 1. The quantitative estimate of drug-likeness (QED) is 0.482. The predicted octanol–water partition coefficient (Wildman–Crippen LogP) is 2.49. The number of amidine groups is 1. The summed E-state index contributed by atoms with van der Waals surface area (Å²) >= 11 is 0. The van der Waals surface area contributed by atoms with Crippen LogP contribution in [-0.2, 0) is 0 Å². The molecule has 66 valence electrons. The highest BCUT2D eigenvalue weighted by atomic mass is 15.2. The first-order valence-electron chi connectivity index (χ1n) is 4.22. The Bertz CT molecular complexity index is 133. The molecule has 2 nitrogen and oxygen atoms in total. The van der Waals surface area contributed by atoms with Gasteiger partial charge in [0.15, 0.2) is 0 Å². The van der Waals surface area contributed by atoms with Gasteiger partial charge in [0.05, 0.1) is 5.84 Å². The van der Waals surface area contributed by atoms with Gasteiger partial charge in [-0.05, 0) is 34.1 Å². The fourth-order valence-corrected chi connectivity index (χ4v) is 1.23. The van der Waals surface area contributed by atoms with Crippen molar-refractivity contribution >= 4 is 5.84 Å². The maximum atomic E-state index is 7.54. The molecule has 0 aromatic carbocycles. The molecule has 11 heavy (non-hydrogen) atoms. The van der Waals surface area contributed by atoms with Gasteiger partial charge >= 0.3 is 0 Å². The number of hydrogen-bond acceptors (Lipinski definition) is 1. The van der Waals surface area contributed by atoms with Crippen molar-refractivity contribution in [3.05, 3.63) is 0 Å². The lowest BCUT2D eigenvalue weighted by Gasteiger charge is -2.36. The van der Waals surface area contributed by atoms with Crippen LogP contribution >= 0.6 is 0 Å². The summed E-state index contributed by atoms with van der Waals surface area (Å²) in [6.45, 7) is 11.4. The Morgan fingerprint density at radius 1 is 1.36 bits per heavy atom. The summed E-state index contributed by atoms with van der Waals surface area (Å²) in [7, 11) is 0. The van der Waals surface area contributed by atoms with Gasteiger partial charge in [-0.15, -0.1) is 0 Å². The number of nitrogens with one attached hydrogen (secondary N) is 1. The largest absolute Gasteiger partial charge is 0.356 e. The summed E-state index contributed by atoms with van der Waals surface area (Å²) in [6, 6.07) is 0. The van der Waals surface area contributed by atoms with Gasteiger partial charge in [0.25, 0.3) is 0 Å². The minimum Gasteiger partial charge on any atom is -0.356 e. The van der Waals surface area contributed by atoms with E-state index < -0.39 is 0 Å². The molecule has 0 saturated heterocycles. The van der Waals surface area contributed by atoms with Gasteiger partial charge in [-0.3, -0.25) is 5.41 Å². The average molecular weight is 156 g/mol. The zero-order valence-electron chi connectivity index (χ0n) is 8.36. The molecule has 2 heteroatoms. The third-order valence-corrected chi connectivity index (χ3v) is 1.66. The summed E-state index contributed by atoms with van der Waals surface area (Å²) in [4.78, 5) is 2.12. The molecule has 0 spiro atoms.